The minimum atomic E-state index is 0.746. The van der Waals surface area contributed by atoms with Crippen LogP contribution in [0.4, 0.5) is 0 Å². The number of rotatable bonds is 6. The van der Waals surface area contributed by atoms with Crippen LogP contribution in [0.2, 0.25) is 0 Å². The van der Waals surface area contributed by atoms with E-state index in [0.717, 1.165) is 26.1 Å². The number of hydrogen-bond acceptors (Lipinski definition) is 1. The molecule has 0 saturated heterocycles. The van der Waals surface area contributed by atoms with Crippen molar-refractivity contribution in [3.63, 3.8) is 0 Å². The Morgan fingerprint density at radius 1 is 1.18 bits per heavy atom. The molecule has 11 heavy (non-hydrogen) atoms. The summed E-state index contributed by atoms with van der Waals surface area (Å²) in [6.07, 6.45) is 10.5. The monoisotopic (exact) mass is 154 g/mol. The van der Waals surface area contributed by atoms with Gasteiger partial charge in [-0.25, -0.2) is 0 Å². The van der Waals surface area contributed by atoms with Crippen LogP contribution >= 0.6 is 0 Å². The van der Waals surface area contributed by atoms with E-state index in [4.69, 9.17) is 4.74 Å². The standard InChI is InChI=1S/C10H18O/c1-3-5-7-8-10-11-9-6-4-2/h4-7H,3,8-10H2,1-2H3/b6-4-,7-5-. The highest BCUT2D eigenvalue weighted by molar-refractivity contribution is 4.80. The fourth-order valence-corrected chi connectivity index (χ4v) is 0.683. The lowest BCUT2D eigenvalue weighted by molar-refractivity contribution is 0.167. The first kappa shape index (κ1) is 10.4. The van der Waals surface area contributed by atoms with Crippen LogP contribution in [0.15, 0.2) is 24.3 Å². The summed E-state index contributed by atoms with van der Waals surface area (Å²) in [5.41, 5.74) is 0. The SMILES string of the molecule is C/C=C\COCC/C=C\CC. The molecule has 0 amide bonds. The summed E-state index contributed by atoms with van der Waals surface area (Å²) < 4.78 is 5.28. The molecule has 0 N–H and O–H groups in total. The van der Waals surface area contributed by atoms with Crippen molar-refractivity contribution >= 4 is 0 Å². The van der Waals surface area contributed by atoms with Crippen LogP contribution < -0.4 is 0 Å². The molecule has 0 aliphatic carbocycles. The van der Waals surface area contributed by atoms with Gasteiger partial charge in [-0.3, -0.25) is 0 Å². The van der Waals surface area contributed by atoms with Gasteiger partial charge in [-0.1, -0.05) is 31.2 Å². The van der Waals surface area contributed by atoms with Crippen molar-refractivity contribution in [3.05, 3.63) is 24.3 Å². The van der Waals surface area contributed by atoms with E-state index in [1.165, 1.54) is 0 Å². The Balaban J connectivity index is 2.96. The van der Waals surface area contributed by atoms with Crippen LogP contribution in [0.25, 0.3) is 0 Å². The molecule has 0 spiro atoms. The first-order chi connectivity index (χ1) is 5.41. The molecule has 0 saturated carbocycles. The molecule has 0 rings (SSSR count). The van der Waals surface area contributed by atoms with E-state index in [2.05, 4.69) is 19.1 Å². The van der Waals surface area contributed by atoms with Gasteiger partial charge in [-0.05, 0) is 19.8 Å². The summed E-state index contributed by atoms with van der Waals surface area (Å²) >= 11 is 0. The molecule has 0 fully saturated rings. The van der Waals surface area contributed by atoms with E-state index in [9.17, 15) is 0 Å². The van der Waals surface area contributed by atoms with Gasteiger partial charge in [0.15, 0.2) is 0 Å². The zero-order valence-electron chi connectivity index (χ0n) is 7.55. The molecular formula is C10H18O. The third kappa shape index (κ3) is 9.44. The van der Waals surface area contributed by atoms with E-state index in [-0.39, 0.29) is 0 Å². The second-order valence-corrected chi connectivity index (χ2v) is 2.31. The fraction of sp³-hybridized carbons (Fsp3) is 0.600. The Bertz CT molecular complexity index is 114. The zero-order chi connectivity index (χ0) is 8.36. The molecular weight excluding hydrogens is 136 g/mol. The topological polar surface area (TPSA) is 9.23 Å². The lowest BCUT2D eigenvalue weighted by Gasteiger charge is -1.95. The molecule has 0 aromatic carbocycles. The molecule has 0 radical (unpaired) electrons. The Morgan fingerprint density at radius 3 is 2.64 bits per heavy atom. The highest BCUT2D eigenvalue weighted by Crippen LogP contribution is 1.87. The van der Waals surface area contributed by atoms with Crippen molar-refractivity contribution in [2.24, 2.45) is 0 Å². The maximum Gasteiger partial charge on any atom is 0.0647 e. The second kappa shape index (κ2) is 9.44. The quantitative estimate of drug-likeness (QED) is 0.422. The maximum atomic E-state index is 5.28. The van der Waals surface area contributed by atoms with Crippen LogP contribution in [0.1, 0.15) is 26.7 Å². The van der Waals surface area contributed by atoms with E-state index in [1.54, 1.807) is 0 Å². The Morgan fingerprint density at radius 2 is 2.00 bits per heavy atom. The van der Waals surface area contributed by atoms with Gasteiger partial charge in [0, 0.05) is 0 Å². The van der Waals surface area contributed by atoms with Crippen molar-refractivity contribution in [2.45, 2.75) is 26.7 Å². The zero-order valence-corrected chi connectivity index (χ0v) is 7.55. The largest absolute Gasteiger partial charge is 0.377 e. The van der Waals surface area contributed by atoms with Crippen LogP contribution in [0, 0.1) is 0 Å². The van der Waals surface area contributed by atoms with Crippen molar-refractivity contribution < 1.29 is 4.74 Å². The molecule has 0 aliphatic rings. The fourth-order valence-electron chi connectivity index (χ4n) is 0.683. The van der Waals surface area contributed by atoms with Crippen molar-refractivity contribution in [2.75, 3.05) is 13.2 Å². The molecule has 0 atom stereocenters. The summed E-state index contributed by atoms with van der Waals surface area (Å²) in [4.78, 5) is 0. The Hall–Kier alpha value is -0.560. The highest BCUT2D eigenvalue weighted by Gasteiger charge is 1.79. The number of ether oxygens (including phenoxy) is 1. The van der Waals surface area contributed by atoms with E-state index in [1.807, 2.05) is 19.1 Å². The van der Waals surface area contributed by atoms with Gasteiger partial charge in [0.05, 0.1) is 13.2 Å². The van der Waals surface area contributed by atoms with Crippen molar-refractivity contribution in [1.29, 1.82) is 0 Å². The average molecular weight is 154 g/mol. The summed E-state index contributed by atoms with van der Waals surface area (Å²) in [7, 11) is 0. The molecule has 0 unspecified atom stereocenters. The van der Waals surface area contributed by atoms with Gasteiger partial charge in [0.2, 0.25) is 0 Å². The molecule has 1 nitrogen and oxygen atoms in total. The smallest absolute Gasteiger partial charge is 0.0647 e. The summed E-state index contributed by atoms with van der Waals surface area (Å²) in [5.74, 6) is 0. The molecule has 0 heterocycles. The predicted octanol–water partition coefficient (Wildman–Crippen LogP) is 2.94. The highest BCUT2D eigenvalue weighted by atomic mass is 16.5. The molecule has 0 aromatic rings. The summed E-state index contributed by atoms with van der Waals surface area (Å²) in [6.45, 7) is 5.72. The first-order valence-corrected chi connectivity index (χ1v) is 4.25. The normalized spacial score (nSPS) is 11.8. The summed E-state index contributed by atoms with van der Waals surface area (Å²) in [6, 6.07) is 0. The van der Waals surface area contributed by atoms with Gasteiger partial charge in [-0.2, -0.15) is 0 Å². The maximum absolute atomic E-state index is 5.28. The molecule has 64 valence electrons. The minimum absolute atomic E-state index is 0.746. The molecule has 0 aromatic heterocycles. The number of allylic oxidation sites excluding steroid dienone is 2. The lowest BCUT2D eigenvalue weighted by atomic mass is 10.3. The van der Waals surface area contributed by atoms with Gasteiger partial charge >= 0.3 is 0 Å². The average Bonchev–Trinajstić information content (AvgIpc) is 2.03. The summed E-state index contributed by atoms with van der Waals surface area (Å²) in [5, 5.41) is 0. The van der Waals surface area contributed by atoms with E-state index < -0.39 is 0 Å². The second-order valence-electron chi connectivity index (χ2n) is 2.31. The van der Waals surface area contributed by atoms with Gasteiger partial charge in [-0.15, -0.1) is 0 Å². The van der Waals surface area contributed by atoms with Crippen LogP contribution in [0.5, 0.6) is 0 Å². The van der Waals surface area contributed by atoms with Crippen molar-refractivity contribution in [1.82, 2.24) is 0 Å². The molecule has 0 aliphatic heterocycles. The Kier molecular flexibility index (Phi) is 8.96. The van der Waals surface area contributed by atoms with Crippen molar-refractivity contribution in [3.8, 4) is 0 Å². The lowest BCUT2D eigenvalue weighted by Crippen LogP contribution is -1.91. The number of hydrogen-bond donors (Lipinski definition) is 0. The van der Waals surface area contributed by atoms with Gasteiger partial charge < -0.3 is 4.74 Å². The van der Waals surface area contributed by atoms with Gasteiger partial charge in [0.25, 0.3) is 0 Å². The molecule has 1 heteroatoms. The van der Waals surface area contributed by atoms with Crippen LogP contribution in [-0.4, -0.2) is 13.2 Å². The third-order valence-electron chi connectivity index (χ3n) is 1.28. The Labute approximate surface area is 69.8 Å². The first-order valence-electron chi connectivity index (χ1n) is 4.25. The van der Waals surface area contributed by atoms with Crippen LogP contribution in [0.3, 0.4) is 0 Å². The van der Waals surface area contributed by atoms with Gasteiger partial charge in [0.1, 0.15) is 0 Å². The molecule has 0 bridgehead atoms. The minimum Gasteiger partial charge on any atom is -0.377 e. The van der Waals surface area contributed by atoms with E-state index >= 15 is 0 Å². The third-order valence-corrected chi connectivity index (χ3v) is 1.28. The predicted molar refractivity (Wildman–Crippen MR) is 49.7 cm³/mol. The van der Waals surface area contributed by atoms with E-state index in [0.29, 0.717) is 0 Å². The van der Waals surface area contributed by atoms with Crippen LogP contribution in [-0.2, 0) is 4.74 Å².